The van der Waals surface area contributed by atoms with E-state index in [0.29, 0.717) is 37.4 Å². The summed E-state index contributed by atoms with van der Waals surface area (Å²) in [6, 6.07) is 2.12. The molecule has 0 amide bonds. The molecule has 2 aromatic rings. The highest BCUT2D eigenvalue weighted by molar-refractivity contribution is 5.86. The van der Waals surface area contributed by atoms with Crippen LogP contribution in [0.15, 0.2) is 12.4 Å². The van der Waals surface area contributed by atoms with E-state index >= 15 is 0 Å². The first kappa shape index (κ1) is 20.8. The van der Waals surface area contributed by atoms with Gasteiger partial charge < -0.3 is 19.9 Å². The first-order valence-electron chi connectivity index (χ1n) is 10.9. The van der Waals surface area contributed by atoms with E-state index in [-0.39, 0.29) is 18.2 Å². The van der Waals surface area contributed by atoms with Crippen molar-refractivity contribution in [2.45, 2.75) is 76.0 Å². The maximum Gasteiger partial charge on any atom is 0.224 e. The van der Waals surface area contributed by atoms with Gasteiger partial charge in [-0.25, -0.2) is 15.0 Å². The van der Waals surface area contributed by atoms with E-state index in [1.807, 2.05) is 13.1 Å². The minimum Gasteiger partial charge on any atom is -0.474 e. The highest BCUT2D eigenvalue weighted by atomic mass is 16.5. The third-order valence-electron chi connectivity index (χ3n) is 5.97. The van der Waals surface area contributed by atoms with Gasteiger partial charge in [0.25, 0.3) is 0 Å². The van der Waals surface area contributed by atoms with Gasteiger partial charge in [-0.1, -0.05) is 0 Å². The lowest BCUT2D eigenvalue weighted by molar-refractivity contribution is 0.0244. The van der Waals surface area contributed by atoms with Crippen molar-refractivity contribution in [3.8, 4) is 11.9 Å². The molecule has 0 aromatic carbocycles. The lowest BCUT2D eigenvalue weighted by Gasteiger charge is -2.27. The molecule has 2 aromatic heterocycles. The predicted octanol–water partition coefficient (Wildman–Crippen LogP) is 3.32. The number of hydrogen-bond donors (Lipinski definition) is 2. The average Bonchev–Trinajstić information content (AvgIpc) is 2.75. The Bertz CT molecular complexity index is 902. The number of aliphatic hydroxyl groups excluding tert-OH is 1. The molecule has 0 radical (unpaired) electrons. The molecule has 0 spiro atoms. The molecule has 160 valence electrons. The van der Waals surface area contributed by atoms with Crippen molar-refractivity contribution < 1.29 is 14.6 Å². The Morgan fingerprint density at radius 2 is 1.97 bits per heavy atom. The molecule has 1 aliphatic carbocycles. The standard InChI is InChI=1S/C22H29N5O3/c1-14(6-9-23)26-22-25-13-19-20(27-22)18(15-2-4-16(28)5-3-15)12-24-21(19)30-17-7-10-29-11-8-17/h12-17,28H,2-8,10-11H2,1H3,(H,25,26,27)/t14-,15-,16-/m0/s1. The van der Waals surface area contributed by atoms with E-state index in [2.05, 4.69) is 21.4 Å². The monoisotopic (exact) mass is 411 g/mol. The van der Waals surface area contributed by atoms with Crippen molar-refractivity contribution in [2.24, 2.45) is 0 Å². The first-order valence-corrected chi connectivity index (χ1v) is 10.9. The molecule has 1 saturated carbocycles. The number of rotatable bonds is 6. The van der Waals surface area contributed by atoms with Crippen LogP contribution in [0.2, 0.25) is 0 Å². The van der Waals surface area contributed by atoms with Crippen molar-refractivity contribution in [3.05, 3.63) is 18.0 Å². The number of aromatic nitrogens is 3. The summed E-state index contributed by atoms with van der Waals surface area (Å²) >= 11 is 0. The van der Waals surface area contributed by atoms with E-state index in [9.17, 15) is 5.11 Å². The summed E-state index contributed by atoms with van der Waals surface area (Å²) in [7, 11) is 0. The quantitative estimate of drug-likeness (QED) is 0.744. The minimum absolute atomic E-state index is 0.0412. The maximum atomic E-state index is 9.90. The largest absolute Gasteiger partial charge is 0.474 e. The van der Waals surface area contributed by atoms with Crippen molar-refractivity contribution in [1.82, 2.24) is 15.0 Å². The van der Waals surface area contributed by atoms with Gasteiger partial charge in [-0.2, -0.15) is 5.26 Å². The summed E-state index contributed by atoms with van der Waals surface area (Å²) < 4.78 is 11.6. The fourth-order valence-corrected chi connectivity index (χ4v) is 4.23. The summed E-state index contributed by atoms with van der Waals surface area (Å²) in [5.74, 6) is 1.37. The van der Waals surface area contributed by atoms with Crippen LogP contribution in [-0.2, 0) is 4.74 Å². The molecule has 0 bridgehead atoms. The zero-order valence-corrected chi connectivity index (χ0v) is 17.4. The van der Waals surface area contributed by atoms with E-state index in [4.69, 9.17) is 19.7 Å². The highest BCUT2D eigenvalue weighted by Crippen LogP contribution is 2.38. The molecule has 30 heavy (non-hydrogen) atoms. The van der Waals surface area contributed by atoms with Crippen LogP contribution in [-0.4, -0.2) is 51.5 Å². The molecule has 4 rings (SSSR count). The highest BCUT2D eigenvalue weighted by Gasteiger charge is 2.26. The SMILES string of the molecule is C[C@@H](CC#N)Nc1ncc2c(OC3CCOCC3)ncc([C@H]3CC[C@H](O)CC3)c2n1. The van der Waals surface area contributed by atoms with E-state index in [1.54, 1.807) is 6.20 Å². The summed E-state index contributed by atoms with van der Waals surface area (Å²) in [6.07, 6.45) is 9.00. The van der Waals surface area contributed by atoms with Crippen molar-refractivity contribution in [2.75, 3.05) is 18.5 Å². The number of fused-ring (bicyclic) bond motifs is 1. The number of aliphatic hydroxyl groups is 1. The number of hydrogen-bond acceptors (Lipinski definition) is 8. The number of anilines is 1. The first-order chi connectivity index (χ1) is 14.6. The summed E-state index contributed by atoms with van der Waals surface area (Å²) in [6.45, 7) is 3.34. The second-order valence-electron chi connectivity index (χ2n) is 8.32. The lowest BCUT2D eigenvalue weighted by atomic mass is 9.83. The Labute approximate surface area is 176 Å². The predicted molar refractivity (Wildman–Crippen MR) is 112 cm³/mol. The van der Waals surface area contributed by atoms with Crippen LogP contribution < -0.4 is 10.1 Å². The zero-order chi connectivity index (χ0) is 20.9. The number of nitriles is 1. The van der Waals surface area contributed by atoms with Gasteiger partial charge in [0.1, 0.15) is 6.10 Å². The lowest BCUT2D eigenvalue weighted by Crippen LogP contribution is -2.26. The van der Waals surface area contributed by atoms with Gasteiger partial charge in [-0.05, 0) is 38.5 Å². The molecular weight excluding hydrogens is 382 g/mol. The summed E-state index contributed by atoms with van der Waals surface area (Å²) in [4.78, 5) is 13.9. The van der Waals surface area contributed by atoms with Crippen LogP contribution in [0.25, 0.3) is 10.9 Å². The number of pyridine rings is 1. The van der Waals surface area contributed by atoms with Gasteiger partial charge in [-0.3, -0.25) is 0 Å². The van der Waals surface area contributed by atoms with E-state index in [1.165, 1.54) is 0 Å². The molecule has 2 aliphatic rings. The number of ether oxygens (including phenoxy) is 2. The Kier molecular flexibility index (Phi) is 6.60. The molecular formula is C22H29N5O3. The van der Waals surface area contributed by atoms with Crippen LogP contribution in [0, 0.1) is 11.3 Å². The van der Waals surface area contributed by atoms with Crippen LogP contribution in [0.5, 0.6) is 5.88 Å². The van der Waals surface area contributed by atoms with Gasteiger partial charge in [0.2, 0.25) is 11.8 Å². The molecule has 1 saturated heterocycles. The fraction of sp³-hybridized carbons (Fsp3) is 0.636. The molecule has 0 unspecified atom stereocenters. The fourth-order valence-electron chi connectivity index (χ4n) is 4.23. The van der Waals surface area contributed by atoms with Gasteiger partial charge in [-0.15, -0.1) is 0 Å². The Morgan fingerprint density at radius 1 is 1.20 bits per heavy atom. The second kappa shape index (κ2) is 9.54. The third kappa shape index (κ3) is 4.79. The van der Waals surface area contributed by atoms with E-state index < -0.39 is 0 Å². The molecule has 1 aliphatic heterocycles. The number of nitrogens with one attached hydrogen (secondary N) is 1. The van der Waals surface area contributed by atoms with Crippen LogP contribution >= 0.6 is 0 Å². The Hall–Kier alpha value is -2.50. The molecule has 2 N–H and O–H groups in total. The minimum atomic E-state index is -0.213. The van der Waals surface area contributed by atoms with Crippen molar-refractivity contribution >= 4 is 16.9 Å². The topological polar surface area (TPSA) is 113 Å². The summed E-state index contributed by atoms with van der Waals surface area (Å²) in [5.41, 5.74) is 1.92. The average molecular weight is 412 g/mol. The van der Waals surface area contributed by atoms with Gasteiger partial charge in [0.15, 0.2) is 0 Å². The van der Waals surface area contributed by atoms with Gasteiger partial charge in [0.05, 0.1) is 42.7 Å². The van der Waals surface area contributed by atoms with Crippen LogP contribution in [0.3, 0.4) is 0 Å². The van der Waals surface area contributed by atoms with Crippen LogP contribution in [0.4, 0.5) is 5.95 Å². The normalized spacial score (nSPS) is 23.6. The van der Waals surface area contributed by atoms with Gasteiger partial charge in [0, 0.05) is 36.8 Å². The Balaban J connectivity index is 1.68. The molecule has 2 fully saturated rings. The Morgan fingerprint density at radius 3 is 2.70 bits per heavy atom. The zero-order valence-electron chi connectivity index (χ0n) is 17.4. The second-order valence-corrected chi connectivity index (χ2v) is 8.32. The van der Waals surface area contributed by atoms with Gasteiger partial charge >= 0.3 is 0 Å². The summed E-state index contributed by atoms with van der Waals surface area (Å²) in [5, 5.41) is 22.8. The third-order valence-corrected chi connectivity index (χ3v) is 5.97. The van der Waals surface area contributed by atoms with Crippen LogP contribution in [0.1, 0.15) is 63.4 Å². The molecule has 8 heteroatoms. The van der Waals surface area contributed by atoms with Crippen molar-refractivity contribution in [3.63, 3.8) is 0 Å². The number of nitrogens with zero attached hydrogens (tertiary/aromatic N) is 4. The molecule has 1 atom stereocenters. The van der Waals surface area contributed by atoms with E-state index in [0.717, 1.165) is 55.0 Å². The molecule has 8 nitrogen and oxygen atoms in total. The smallest absolute Gasteiger partial charge is 0.224 e. The molecule has 3 heterocycles. The maximum absolute atomic E-state index is 9.90. The van der Waals surface area contributed by atoms with Crippen molar-refractivity contribution in [1.29, 1.82) is 5.26 Å².